The Morgan fingerprint density at radius 3 is 2.28 bits per heavy atom. The predicted molar refractivity (Wildman–Crippen MR) is 111 cm³/mol. The Hall–Kier alpha value is -2.74. The summed E-state index contributed by atoms with van der Waals surface area (Å²) in [5, 5.41) is 0. The van der Waals surface area contributed by atoms with Crippen LogP contribution in [0.3, 0.4) is 0 Å². The van der Waals surface area contributed by atoms with Gasteiger partial charge in [0.15, 0.2) is 0 Å². The van der Waals surface area contributed by atoms with Gasteiger partial charge in [-0.25, -0.2) is 12.7 Å². The van der Waals surface area contributed by atoms with Crippen LogP contribution in [0.4, 0.5) is 5.69 Å². The SMILES string of the molecule is CCN(CCc1ccncc1)C(=O)c1ccc(N2C(=O)C(C)(C)CS2(=O)=O)cc1. The number of hydrogen-bond acceptors (Lipinski definition) is 5. The maximum atomic E-state index is 12.8. The lowest BCUT2D eigenvalue weighted by atomic mass is 9.95. The Morgan fingerprint density at radius 2 is 1.76 bits per heavy atom. The van der Waals surface area contributed by atoms with Crippen molar-refractivity contribution < 1.29 is 18.0 Å². The summed E-state index contributed by atoms with van der Waals surface area (Å²) in [6, 6.07) is 10.0. The minimum absolute atomic E-state index is 0.135. The maximum absolute atomic E-state index is 12.8. The van der Waals surface area contributed by atoms with E-state index in [2.05, 4.69) is 4.98 Å². The van der Waals surface area contributed by atoms with Crippen molar-refractivity contribution in [1.29, 1.82) is 0 Å². The lowest BCUT2D eigenvalue weighted by Crippen LogP contribution is -2.34. The van der Waals surface area contributed by atoms with Crippen LogP contribution in [0.1, 0.15) is 36.7 Å². The Bertz CT molecular complexity index is 1000. The van der Waals surface area contributed by atoms with E-state index in [1.54, 1.807) is 43.3 Å². The molecule has 2 aromatic rings. The smallest absolute Gasteiger partial charge is 0.253 e. The summed E-state index contributed by atoms with van der Waals surface area (Å²) >= 11 is 0. The second-order valence-corrected chi connectivity index (χ2v) is 9.56. The predicted octanol–water partition coefficient (Wildman–Crippen LogP) is 2.49. The third kappa shape index (κ3) is 4.32. The zero-order chi connectivity index (χ0) is 21.2. The van der Waals surface area contributed by atoms with Crippen LogP contribution in [0.2, 0.25) is 0 Å². The fraction of sp³-hybridized carbons (Fsp3) is 0.381. The molecular weight excluding hydrogens is 390 g/mol. The quantitative estimate of drug-likeness (QED) is 0.723. The van der Waals surface area contributed by atoms with Crippen molar-refractivity contribution in [1.82, 2.24) is 9.88 Å². The van der Waals surface area contributed by atoms with Crippen molar-refractivity contribution in [2.75, 3.05) is 23.1 Å². The summed E-state index contributed by atoms with van der Waals surface area (Å²) in [6.45, 7) is 6.27. The van der Waals surface area contributed by atoms with Gasteiger partial charge in [0.05, 0.1) is 16.9 Å². The number of benzene rings is 1. The highest BCUT2D eigenvalue weighted by atomic mass is 32.2. The fourth-order valence-corrected chi connectivity index (χ4v) is 5.51. The number of aromatic nitrogens is 1. The van der Waals surface area contributed by atoms with Gasteiger partial charge >= 0.3 is 0 Å². The van der Waals surface area contributed by atoms with Crippen LogP contribution in [0.5, 0.6) is 0 Å². The molecule has 0 saturated carbocycles. The Balaban J connectivity index is 1.75. The highest BCUT2D eigenvalue weighted by Gasteiger charge is 2.49. The summed E-state index contributed by atoms with van der Waals surface area (Å²) < 4.78 is 25.7. The second-order valence-electron chi connectivity index (χ2n) is 7.75. The molecule has 0 N–H and O–H groups in total. The number of sulfonamides is 1. The normalized spacial score (nSPS) is 17.3. The molecule has 0 unspecified atom stereocenters. The molecule has 2 amide bonds. The molecule has 29 heavy (non-hydrogen) atoms. The van der Waals surface area contributed by atoms with Crippen LogP contribution in [0.15, 0.2) is 48.8 Å². The summed E-state index contributed by atoms with van der Waals surface area (Å²) in [6.07, 6.45) is 4.16. The summed E-state index contributed by atoms with van der Waals surface area (Å²) in [7, 11) is -3.71. The van der Waals surface area contributed by atoms with E-state index in [9.17, 15) is 18.0 Å². The molecule has 3 rings (SSSR count). The topological polar surface area (TPSA) is 87.7 Å². The second kappa shape index (κ2) is 7.94. The number of nitrogens with zero attached hydrogens (tertiary/aromatic N) is 3. The van der Waals surface area contributed by atoms with Crippen LogP contribution < -0.4 is 4.31 Å². The molecule has 1 aromatic heterocycles. The van der Waals surface area contributed by atoms with Gasteiger partial charge in [0, 0.05) is 31.0 Å². The van der Waals surface area contributed by atoms with Gasteiger partial charge in [-0.3, -0.25) is 14.6 Å². The van der Waals surface area contributed by atoms with Gasteiger partial charge in [-0.05, 0) is 69.2 Å². The number of anilines is 1. The standard InChI is InChI=1S/C21H25N3O4S/c1-4-23(14-11-16-9-12-22-13-10-16)19(25)17-5-7-18(8-6-17)24-20(26)21(2,3)15-29(24,27)28/h5-10,12-13H,4,11,14-15H2,1-3H3. The van der Waals surface area contributed by atoms with Crippen LogP contribution in [-0.2, 0) is 21.2 Å². The minimum atomic E-state index is -3.71. The molecule has 154 valence electrons. The molecule has 1 aliphatic rings. The van der Waals surface area contributed by atoms with E-state index < -0.39 is 21.3 Å². The molecule has 0 atom stereocenters. The zero-order valence-corrected chi connectivity index (χ0v) is 17.6. The number of pyridine rings is 1. The molecule has 1 aliphatic heterocycles. The van der Waals surface area contributed by atoms with E-state index in [0.717, 1.165) is 16.3 Å². The molecule has 8 heteroatoms. The molecule has 0 radical (unpaired) electrons. The number of carbonyl (C=O) groups is 2. The molecule has 1 saturated heterocycles. The zero-order valence-electron chi connectivity index (χ0n) is 16.8. The van der Waals surface area contributed by atoms with E-state index >= 15 is 0 Å². The largest absolute Gasteiger partial charge is 0.339 e. The monoisotopic (exact) mass is 415 g/mol. The molecule has 7 nitrogen and oxygen atoms in total. The van der Waals surface area contributed by atoms with Crippen molar-refractivity contribution >= 4 is 27.5 Å². The lowest BCUT2D eigenvalue weighted by molar-refractivity contribution is -0.123. The van der Waals surface area contributed by atoms with E-state index in [1.165, 1.54) is 12.1 Å². The molecular formula is C21H25N3O4S. The maximum Gasteiger partial charge on any atom is 0.253 e. The average molecular weight is 416 g/mol. The molecule has 2 heterocycles. The van der Waals surface area contributed by atoms with Crippen LogP contribution in [-0.4, -0.2) is 49.0 Å². The summed E-state index contributed by atoms with van der Waals surface area (Å²) in [5.41, 5.74) is 0.854. The van der Waals surface area contributed by atoms with Crippen molar-refractivity contribution in [2.24, 2.45) is 5.41 Å². The van der Waals surface area contributed by atoms with Gasteiger partial charge in [-0.15, -0.1) is 0 Å². The van der Waals surface area contributed by atoms with Crippen molar-refractivity contribution in [2.45, 2.75) is 27.2 Å². The number of likely N-dealkylation sites (N-methyl/N-ethyl adjacent to an activating group) is 1. The van der Waals surface area contributed by atoms with Gasteiger partial charge in [0.2, 0.25) is 15.9 Å². The average Bonchev–Trinajstić information content (AvgIpc) is 2.85. The fourth-order valence-electron chi connectivity index (χ4n) is 3.40. The third-order valence-corrected chi connectivity index (χ3v) is 7.04. The number of amides is 2. The van der Waals surface area contributed by atoms with Gasteiger partial charge in [0.25, 0.3) is 5.91 Å². The molecule has 0 bridgehead atoms. The first-order valence-electron chi connectivity index (χ1n) is 9.51. The Kier molecular flexibility index (Phi) is 5.75. The van der Waals surface area contributed by atoms with Crippen molar-refractivity contribution in [3.05, 3.63) is 59.9 Å². The van der Waals surface area contributed by atoms with Crippen LogP contribution >= 0.6 is 0 Å². The van der Waals surface area contributed by atoms with Crippen LogP contribution in [0.25, 0.3) is 0 Å². The van der Waals surface area contributed by atoms with Gasteiger partial charge in [0.1, 0.15) is 0 Å². The highest BCUT2D eigenvalue weighted by molar-refractivity contribution is 7.94. The number of carbonyl (C=O) groups excluding carboxylic acids is 2. The first-order valence-corrected chi connectivity index (χ1v) is 11.1. The first kappa shape index (κ1) is 21.0. The van der Waals surface area contributed by atoms with Crippen LogP contribution in [0, 0.1) is 5.41 Å². The Morgan fingerprint density at radius 1 is 1.14 bits per heavy atom. The molecule has 0 aliphatic carbocycles. The van der Waals surface area contributed by atoms with Gasteiger partial charge in [-0.2, -0.15) is 0 Å². The van der Waals surface area contributed by atoms with Crippen molar-refractivity contribution in [3.8, 4) is 0 Å². The molecule has 1 aromatic carbocycles. The third-order valence-electron chi connectivity index (χ3n) is 5.02. The van der Waals surface area contributed by atoms with Gasteiger partial charge in [-0.1, -0.05) is 0 Å². The van der Waals surface area contributed by atoms with E-state index in [1.807, 2.05) is 19.1 Å². The molecule has 1 fully saturated rings. The number of rotatable bonds is 6. The summed E-state index contributed by atoms with van der Waals surface area (Å²) in [5.74, 6) is -0.814. The summed E-state index contributed by atoms with van der Waals surface area (Å²) in [4.78, 5) is 31.1. The Labute approximate surface area is 171 Å². The van der Waals surface area contributed by atoms with E-state index in [-0.39, 0.29) is 17.3 Å². The van der Waals surface area contributed by atoms with E-state index in [0.29, 0.717) is 18.7 Å². The van der Waals surface area contributed by atoms with Gasteiger partial charge < -0.3 is 4.90 Å². The highest BCUT2D eigenvalue weighted by Crippen LogP contribution is 2.35. The number of hydrogen-bond donors (Lipinski definition) is 0. The van der Waals surface area contributed by atoms with Crippen molar-refractivity contribution in [3.63, 3.8) is 0 Å². The first-order chi connectivity index (χ1) is 13.7. The lowest BCUT2D eigenvalue weighted by Gasteiger charge is -2.22. The van der Waals surface area contributed by atoms with E-state index in [4.69, 9.17) is 0 Å². The molecule has 0 spiro atoms. The minimum Gasteiger partial charge on any atom is -0.339 e.